The molecule has 0 fully saturated rings. The van der Waals surface area contributed by atoms with Crippen LogP contribution in [0.2, 0.25) is 0 Å². The number of thioether (sulfide) groups is 1. The third kappa shape index (κ3) is 6.07. The summed E-state index contributed by atoms with van der Waals surface area (Å²) in [4.78, 5) is 23.8. The molecule has 2 amide bonds. The highest BCUT2D eigenvalue weighted by atomic mass is 32.2. The van der Waals surface area contributed by atoms with Crippen LogP contribution in [0.3, 0.4) is 0 Å². The Balaban J connectivity index is 1.54. The quantitative estimate of drug-likeness (QED) is 0.342. The monoisotopic (exact) mass is 487 g/mol. The summed E-state index contributed by atoms with van der Waals surface area (Å²) in [6, 6.07) is 22.6. The lowest BCUT2D eigenvalue weighted by Crippen LogP contribution is -2.14. The van der Waals surface area contributed by atoms with Gasteiger partial charge in [0, 0.05) is 29.5 Å². The standard InChI is InChI=1S/C26H25N5O3S/c1-17-5-4-6-19(15-17)25-29-30-26(31(25)22-11-13-23(34-3)14-12-22)35-16-24(33)28-21-9-7-20(8-10-21)27-18(2)32/h4-15H,16H2,1-3H3,(H,27,32)(H,28,33). The minimum atomic E-state index is -0.177. The van der Waals surface area contributed by atoms with Crippen LogP contribution in [0.4, 0.5) is 11.4 Å². The Morgan fingerprint density at radius 3 is 2.26 bits per heavy atom. The number of benzene rings is 3. The first kappa shape index (κ1) is 24.0. The van der Waals surface area contributed by atoms with E-state index in [9.17, 15) is 9.59 Å². The molecule has 0 spiro atoms. The van der Waals surface area contributed by atoms with Gasteiger partial charge in [0.05, 0.1) is 12.9 Å². The average Bonchev–Trinajstić information content (AvgIpc) is 3.28. The lowest BCUT2D eigenvalue weighted by molar-refractivity contribution is -0.114. The Morgan fingerprint density at radius 1 is 0.943 bits per heavy atom. The van der Waals surface area contributed by atoms with Crippen molar-refractivity contribution in [2.75, 3.05) is 23.5 Å². The number of ether oxygens (including phenoxy) is 1. The van der Waals surface area contributed by atoms with Crippen molar-refractivity contribution in [1.82, 2.24) is 14.8 Å². The van der Waals surface area contributed by atoms with E-state index < -0.39 is 0 Å². The SMILES string of the molecule is COc1ccc(-n2c(SCC(=O)Nc3ccc(NC(C)=O)cc3)nnc2-c2cccc(C)c2)cc1. The Hall–Kier alpha value is -4.11. The van der Waals surface area contributed by atoms with Crippen molar-refractivity contribution in [2.24, 2.45) is 0 Å². The molecule has 9 heteroatoms. The topological polar surface area (TPSA) is 98.1 Å². The number of aryl methyl sites for hydroxylation is 1. The van der Waals surface area contributed by atoms with Crippen molar-refractivity contribution in [3.8, 4) is 22.8 Å². The number of amides is 2. The highest BCUT2D eigenvalue weighted by molar-refractivity contribution is 7.99. The summed E-state index contributed by atoms with van der Waals surface area (Å²) in [7, 11) is 1.62. The van der Waals surface area contributed by atoms with Crippen molar-refractivity contribution in [1.29, 1.82) is 0 Å². The number of aromatic nitrogens is 3. The second-order valence-corrected chi connectivity index (χ2v) is 8.75. The zero-order valence-electron chi connectivity index (χ0n) is 19.6. The van der Waals surface area contributed by atoms with E-state index >= 15 is 0 Å². The largest absolute Gasteiger partial charge is 0.497 e. The summed E-state index contributed by atoms with van der Waals surface area (Å²) in [5, 5.41) is 15.0. The fourth-order valence-corrected chi connectivity index (χ4v) is 4.22. The highest BCUT2D eigenvalue weighted by Gasteiger charge is 2.18. The zero-order chi connectivity index (χ0) is 24.8. The van der Waals surface area contributed by atoms with Gasteiger partial charge in [0.1, 0.15) is 5.75 Å². The summed E-state index contributed by atoms with van der Waals surface area (Å²) >= 11 is 1.30. The lowest BCUT2D eigenvalue weighted by atomic mass is 10.1. The molecule has 0 saturated heterocycles. The van der Waals surface area contributed by atoms with E-state index in [2.05, 4.69) is 26.9 Å². The Kier molecular flexibility index (Phi) is 7.47. The Labute approximate surface area is 207 Å². The number of anilines is 2. The minimum Gasteiger partial charge on any atom is -0.497 e. The number of hydrogen-bond acceptors (Lipinski definition) is 6. The highest BCUT2D eigenvalue weighted by Crippen LogP contribution is 2.29. The summed E-state index contributed by atoms with van der Waals surface area (Å²) in [6.45, 7) is 3.47. The molecule has 178 valence electrons. The van der Waals surface area contributed by atoms with Crippen molar-refractivity contribution in [2.45, 2.75) is 19.0 Å². The van der Waals surface area contributed by atoms with Crippen LogP contribution < -0.4 is 15.4 Å². The lowest BCUT2D eigenvalue weighted by Gasteiger charge is -2.12. The first-order valence-electron chi connectivity index (χ1n) is 10.9. The maximum absolute atomic E-state index is 12.6. The summed E-state index contributed by atoms with van der Waals surface area (Å²) in [5.41, 5.74) is 4.22. The van der Waals surface area contributed by atoms with E-state index in [4.69, 9.17) is 4.74 Å². The number of methoxy groups -OCH3 is 1. The maximum atomic E-state index is 12.6. The maximum Gasteiger partial charge on any atom is 0.234 e. The van der Waals surface area contributed by atoms with Gasteiger partial charge in [-0.2, -0.15) is 0 Å². The van der Waals surface area contributed by atoms with Crippen LogP contribution in [-0.2, 0) is 9.59 Å². The number of nitrogens with zero attached hydrogens (tertiary/aromatic N) is 3. The molecule has 8 nitrogen and oxygen atoms in total. The molecule has 0 aliphatic carbocycles. The molecule has 0 bridgehead atoms. The van der Waals surface area contributed by atoms with Gasteiger partial charge in [0.25, 0.3) is 0 Å². The van der Waals surface area contributed by atoms with Crippen LogP contribution in [-0.4, -0.2) is 39.4 Å². The molecule has 0 radical (unpaired) electrons. The molecule has 4 aromatic rings. The van der Waals surface area contributed by atoms with Gasteiger partial charge in [0.2, 0.25) is 11.8 Å². The fraction of sp³-hybridized carbons (Fsp3) is 0.154. The number of carbonyl (C=O) groups excluding carboxylic acids is 2. The third-order valence-corrected chi connectivity index (χ3v) is 5.99. The van der Waals surface area contributed by atoms with Crippen LogP contribution in [0.5, 0.6) is 5.75 Å². The van der Waals surface area contributed by atoms with Crippen LogP contribution in [0.1, 0.15) is 12.5 Å². The molecule has 1 aromatic heterocycles. The van der Waals surface area contributed by atoms with Gasteiger partial charge in [-0.1, -0.05) is 35.5 Å². The van der Waals surface area contributed by atoms with E-state index in [0.717, 1.165) is 22.6 Å². The molecule has 0 unspecified atom stereocenters. The predicted octanol–water partition coefficient (Wildman–Crippen LogP) is 4.94. The van der Waals surface area contributed by atoms with Crippen molar-refractivity contribution >= 4 is 35.0 Å². The van der Waals surface area contributed by atoms with Gasteiger partial charge >= 0.3 is 0 Å². The Bertz CT molecular complexity index is 1330. The second-order valence-electron chi connectivity index (χ2n) is 7.80. The summed E-state index contributed by atoms with van der Waals surface area (Å²) in [5.74, 6) is 1.26. The van der Waals surface area contributed by atoms with Gasteiger partial charge in [-0.05, 0) is 61.5 Å². The first-order valence-corrected chi connectivity index (χ1v) is 11.9. The van der Waals surface area contributed by atoms with E-state index in [0.29, 0.717) is 22.4 Å². The number of rotatable bonds is 8. The smallest absolute Gasteiger partial charge is 0.234 e. The average molecular weight is 488 g/mol. The van der Waals surface area contributed by atoms with Gasteiger partial charge < -0.3 is 15.4 Å². The molecule has 0 saturated carbocycles. The second kappa shape index (κ2) is 10.9. The van der Waals surface area contributed by atoms with Crippen molar-refractivity contribution < 1.29 is 14.3 Å². The molecule has 4 rings (SSSR count). The van der Waals surface area contributed by atoms with E-state index in [1.54, 1.807) is 31.4 Å². The van der Waals surface area contributed by atoms with Gasteiger partial charge in [0.15, 0.2) is 11.0 Å². The molecular weight excluding hydrogens is 462 g/mol. The molecule has 35 heavy (non-hydrogen) atoms. The van der Waals surface area contributed by atoms with Crippen LogP contribution >= 0.6 is 11.8 Å². The Morgan fingerprint density at radius 2 is 1.63 bits per heavy atom. The van der Waals surface area contributed by atoms with E-state index in [1.807, 2.05) is 54.0 Å². The van der Waals surface area contributed by atoms with Gasteiger partial charge in [-0.15, -0.1) is 10.2 Å². The number of carbonyl (C=O) groups is 2. The van der Waals surface area contributed by atoms with Crippen LogP contribution in [0, 0.1) is 6.92 Å². The summed E-state index contributed by atoms with van der Waals surface area (Å²) in [6.07, 6.45) is 0. The minimum absolute atomic E-state index is 0.148. The third-order valence-electron chi connectivity index (χ3n) is 5.06. The molecular formula is C26H25N5O3S. The predicted molar refractivity (Wildman–Crippen MR) is 138 cm³/mol. The molecule has 0 aliphatic rings. The first-order chi connectivity index (χ1) is 16.9. The van der Waals surface area contributed by atoms with Gasteiger partial charge in [-0.25, -0.2) is 0 Å². The molecule has 2 N–H and O–H groups in total. The van der Waals surface area contributed by atoms with Crippen molar-refractivity contribution in [3.63, 3.8) is 0 Å². The van der Waals surface area contributed by atoms with Crippen LogP contribution in [0.25, 0.3) is 17.1 Å². The zero-order valence-corrected chi connectivity index (χ0v) is 20.4. The molecule has 0 aliphatic heterocycles. The number of nitrogens with one attached hydrogen (secondary N) is 2. The van der Waals surface area contributed by atoms with Crippen LogP contribution in [0.15, 0.2) is 78.0 Å². The van der Waals surface area contributed by atoms with Gasteiger partial charge in [-0.3, -0.25) is 14.2 Å². The molecule has 3 aromatic carbocycles. The normalized spacial score (nSPS) is 10.6. The molecule has 1 heterocycles. The summed E-state index contributed by atoms with van der Waals surface area (Å²) < 4.78 is 7.23. The van der Waals surface area contributed by atoms with E-state index in [1.165, 1.54) is 18.7 Å². The fourth-order valence-electron chi connectivity index (χ4n) is 3.47. The molecule has 0 atom stereocenters. The number of hydrogen-bond donors (Lipinski definition) is 2. The van der Waals surface area contributed by atoms with Crippen molar-refractivity contribution in [3.05, 3.63) is 78.4 Å². The van der Waals surface area contributed by atoms with E-state index in [-0.39, 0.29) is 17.6 Å².